The van der Waals surface area contributed by atoms with Crippen LogP contribution < -0.4 is 4.74 Å². The zero-order valence-corrected chi connectivity index (χ0v) is 14.4. The number of hydrogen-bond acceptors (Lipinski definition) is 7. The number of carbonyl (C=O) groups is 2. The van der Waals surface area contributed by atoms with Crippen LogP contribution in [0.3, 0.4) is 0 Å². The number of carbonyl (C=O) groups excluding carboxylic acids is 2. The van der Waals surface area contributed by atoms with Gasteiger partial charge < -0.3 is 19.3 Å². The number of rotatable bonds is 4. The van der Waals surface area contributed by atoms with Gasteiger partial charge >= 0.3 is 11.9 Å². The molecule has 0 bridgehead atoms. The van der Waals surface area contributed by atoms with Gasteiger partial charge in [-0.1, -0.05) is 0 Å². The molecule has 0 atom stereocenters. The fourth-order valence-electron chi connectivity index (χ4n) is 1.91. The van der Waals surface area contributed by atoms with E-state index in [9.17, 15) is 14.7 Å². The largest absolute Gasteiger partial charge is 0.508 e. The van der Waals surface area contributed by atoms with Gasteiger partial charge in [0.25, 0.3) is 0 Å². The highest BCUT2D eigenvalue weighted by molar-refractivity contribution is 5.90. The van der Waals surface area contributed by atoms with Gasteiger partial charge in [0, 0.05) is 6.07 Å². The number of pyridine rings is 1. The van der Waals surface area contributed by atoms with E-state index < -0.39 is 17.5 Å². The zero-order chi connectivity index (χ0) is 18.6. The first-order chi connectivity index (χ1) is 11.7. The molecule has 0 aliphatic rings. The molecule has 0 spiro atoms. The highest BCUT2D eigenvalue weighted by Crippen LogP contribution is 2.27. The van der Waals surface area contributed by atoms with Crippen molar-refractivity contribution in [2.75, 3.05) is 7.11 Å². The summed E-state index contributed by atoms with van der Waals surface area (Å²) in [4.78, 5) is 27.5. The maximum atomic E-state index is 11.9. The van der Waals surface area contributed by atoms with E-state index >= 15 is 0 Å². The van der Waals surface area contributed by atoms with Gasteiger partial charge in [0.05, 0.1) is 18.9 Å². The Kier molecular flexibility index (Phi) is 5.26. The van der Waals surface area contributed by atoms with Crippen molar-refractivity contribution in [2.24, 2.45) is 0 Å². The highest BCUT2D eigenvalue weighted by atomic mass is 16.6. The van der Waals surface area contributed by atoms with Crippen LogP contribution in [0.5, 0.6) is 17.2 Å². The van der Waals surface area contributed by atoms with Gasteiger partial charge in [-0.25, -0.2) is 14.6 Å². The second-order valence-electron chi connectivity index (χ2n) is 6.19. The molecule has 2 rings (SSSR count). The number of nitrogens with zero attached hydrogens (tertiary/aromatic N) is 1. The van der Waals surface area contributed by atoms with Gasteiger partial charge in [-0.05, 0) is 45.0 Å². The zero-order valence-electron chi connectivity index (χ0n) is 14.4. The number of aromatic hydroxyl groups is 1. The fourth-order valence-corrected chi connectivity index (χ4v) is 1.91. The quantitative estimate of drug-likeness (QED) is 0.849. The molecule has 0 aliphatic heterocycles. The van der Waals surface area contributed by atoms with E-state index in [1.54, 1.807) is 20.8 Å². The van der Waals surface area contributed by atoms with Crippen molar-refractivity contribution in [3.63, 3.8) is 0 Å². The Balaban J connectivity index is 2.15. The second kappa shape index (κ2) is 7.21. The van der Waals surface area contributed by atoms with Gasteiger partial charge in [0.2, 0.25) is 0 Å². The Bertz CT molecular complexity index is 777. The summed E-state index contributed by atoms with van der Waals surface area (Å²) in [5.74, 6) is -0.722. The van der Waals surface area contributed by atoms with Crippen LogP contribution in [0.15, 0.2) is 36.5 Å². The van der Waals surface area contributed by atoms with E-state index in [-0.39, 0.29) is 22.8 Å². The number of benzene rings is 1. The van der Waals surface area contributed by atoms with Gasteiger partial charge in [-0.15, -0.1) is 0 Å². The van der Waals surface area contributed by atoms with Crippen LogP contribution in [0, 0.1) is 0 Å². The third kappa shape index (κ3) is 5.20. The van der Waals surface area contributed by atoms with Crippen LogP contribution in [0.1, 0.15) is 41.6 Å². The Hall–Kier alpha value is -3.09. The molecule has 0 fully saturated rings. The molecule has 1 aromatic carbocycles. The van der Waals surface area contributed by atoms with Crippen LogP contribution in [0.4, 0.5) is 0 Å². The van der Waals surface area contributed by atoms with Crippen molar-refractivity contribution < 1.29 is 28.9 Å². The maximum Gasteiger partial charge on any atom is 0.357 e. The summed E-state index contributed by atoms with van der Waals surface area (Å²) in [6.07, 6.45) is 1.35. The monoisotopic (exact) mass is 345 g/mol. The first-order valence-electron chi connectivity index (χ1n) is 7.47. The molecule has 0 saturated carbocycles. The minimum Gasteiger partial charge on any atom is -0.508 e. The van der Waals surface area contributed by atoms with Crippen LogP contribution in [0.25, 0.3) is 0 Å². The molecule has 1 heterocycles. The van der Waals surface area contributed by atoms with Gasteiger partial charge in [-0.2, -0.15) is 0 Å². The molecule has 1 aromatic heterocycles. The van der Waals surface area contributed by atoms with E-state index in [2.05, 4.69) is 9.72 Å². The Morgan fingerprint density at radius 3 is 2.32 bits per heavy atom. The Morgan fingerprint density at radius 1 is 1.04 bits per heavy atom. The summed E-state index contributed by atoms with van der Waals surface area (Å²) in [6.45, 7) is 5.30. The summed E-state index contributed by atoms with van der Waals surface area (Å²) in [6, 6.07) is 7.03. The number of hydrogen-bond donors (Lipinski definition) is 1. The third-order valence-corrected chi connectivity index (χ3v) is 2.89. The molecular weight excluding hydrogens is 326 g/mol. The Labute approximate surface area is 145 Å². The summed E-state index contributed by atoms with van der Waals surface area (Å²) >= 11 is 0. The number of phenols is 1. The van der Waals surface area contributed by atoms with Crippen LogP contribution in [-0.2, 0) is 9.47 Å². The molecule has 25 heavy (non-hydrogen) atoms. The molecular formula is C18H19NO6. The van der Waals surface area contributed by atoms with E-state index in [1.807, 2.05) is 0 Å². The molecule has 0 saturated heterocycles. The second-order valence-corrected chi connectivity index (χ2v) is 6.19. The molecule has 132 valence electrons. The summed E-state index contributed by atoms with van der Waals surface area (Å²) in [5.41, 5.74) is -0.316. The average Bonchev–Trinajstić information content (AvgIpc) is 2.52. The molecule has 7 heteroatoms. The van der Waals surface area contributed by atoms with Gasteiger partial charge in [0.1, 0.15) is 28.5 Å². The number of esters is 2. The lowest BCUT2D eigenvalue weighted by molar-refractivity contribution is 0.00626. The topological polar surface area (TPSA) is 95.0 Å². The summed E-state index contributed by atoms with van der Waals surface area (Å²) < 4.78 is 15.4. The number of aromatic nitrogens is 1. The molecule has 7 nitrogen and oxygen atoms in total. The van der Waals surface area contributed by atoms with E-state index in [0.717, 1.165) is 0 Å². The minimum atomic E-state index is -0.611. The summed E-state index contributed by atoms with van der Waals surface area (Å²) in [5, 5.41) is 9.68. The first-order valence-corrected chi connectivity index (χ1v) is 7.47. The van der Waals surface area contributed by atoms with Crippen molar-refractivity contribution in [1.82, 2.24) is 4.98 Å². The lowest BCUT2D eigenvalue weighted by Crippen LogP contribution is -2.24. The highest BCUT2D eigenvalue weighted by Gasteiger charge is 2.19. The average molecular weight is 345 g/mol. The maximum absolute atomic E-state index is 11.9. The third-order valence-electron chi connectivity index (χ3n) is 2.89. The molecule has 0 radical (unpaired) electrons. The number of methoxy groups -OCH3 is 1. The van der Waals surface area contributed by atoms with Gasteiger partial charge in [0.15, 0.2) is 0 Å². The first kappa shape index (κ1) is 18.3. The lowest BCUT2D eigenvalue weighted by Gasteiger charge is -2.19. The minimum absolute atomic E-state index is 0.142. The molecule has 0 amide bonds. The fraction of sp³-hybridized carbons (Fsp3) is 0.278. The Morgan fingerprint density at radius 2 is 1.76 bits per heavy atom. The SMILES string of the molecule is COC(=O)c1cc(O)cc(Oc2ccc(C(=O)OC(C)(C)C)nc2)c1. The van der Waals surface area contributed by atoms with Crippen LogP contribution in [0.2, 0.25) is 0 Å². The molecule has 1 N–H and O–H groups in total. The standard InChI is InChI=1S/C18H19NO6/c1-18(2,3)25-17(22)15-6-5-13(10-19-15)24-14-8-11(16(21)23-4)7-12(20)9-14/h5-10,20H,1-4H3. The predicted octanol–water partition coefficient (Wildman–Crippen LogP) is 3.32. The summed E-state index contributed by atoms with van der Waals surface area (Å²) in [7, 11) is 1.24. The van der Waals surface area contributed by atoms with E-state index in [1.165, 1.54) is 43.6 Å². The number of ether oxygens (including phenoxy) is 3. The number of phenolic OH excluding ortho intramolecular Hbond substituents is 1. The van der Waals surface area contributed by atoms with Gasteiger partial charge in [-0.3, -0.25) is 0 Å². The molecule has 0 aliphatic carbocycles. The smallest absolute Gasteiger partial charge is 0.357 e. The van der Waals surface area contributed by atoms with Crippen molar-refractivity contribution in [3.8, 4) is 17.2 Å². The normalized spacial score (nSPS) is 10.9. The van der Waals surface area contributed by atoms with Crippen molar-refractivity contribution >= 4 is 11.9 Å². The van der Waals surface area contributed by atoms with Crippen molar-refractivity contribution in [3.05, 3.63) is 47.8 Å². The van der Waals surface area contributed by atoms with Crippen molar-refractivity contribution in [2.45, 2.75) is 26.4 Å². The molecule has 2 aromatic rings. The van der Waals surface area contributed by atoms with Crippen molar-refractivity contribution in [1.29, 1.82) is 0 Å². The molecule has 0 unspecified atom stereocenters. The lowest BCUT2D eigenvalue weighted by atomic mass is 10.2. The van der Waals surface area contributed by atoms with Crippen LogP contribution in [-0.4, -0.2) is 34.7 Å². The van der Waals surface area contributed by atoms with Crippen LogP contribution >= 0.6 is 0 Å². The van der Waals surface area contributed by atoms with E-state index in [0.29, 0.717) is 5.75 Å². The van der Waals surface area contributed by atoms with E-state index in [4.69, 9.17) is 9.47 Å². The predicted molar refractivity (Wildman–Crippen MR) is 88.9 cm³/mol.